The highest BCUT2D eigenvalue weighted by molar-refractivity contribution is 5.84. The van der Waals surface area contributed by atoms with E-state index in [2.05, 4.69) is 48.9 Å². The number of hydrogen-bond donors (Lipinski definition) is 1. The number of nitrogens with zero attached hydrogens (tertiary/aromatic N) is 1. The van der Waals surface area contributed by atoms with Gasteiger partial charge in [-0.1, -0.05) is 32.0 Å². The molecule has 1 heterocycles. The van der Waals surface area contributed by atoms with Gasteiger partial charge in [0.2, 0.25) is 0 Å². The Morgan fingerprint density at radius 1 is 1.25 bits per heavy atom. The fourth-order valence-electron chi connectivity index (χ4n) is 2.19. The molecule has 2 heteroatoms. The largest absolute Gasteiger partial charge is 0.396 e. The normalized spacial score (nSPS) is 11.5. The Bertz CT molecular complexity index is 471. The van der Waals surface area contributed by atoms with E-state index >= 15 is 0 Å². The SMILES string of the molecule is CC(C)Cn1cc(CCO)c2ccccc21. The lowest BCUT2D eigenvalue weighted by Crippen LogP contribution is -2.02. The minimum Gasteiger partial charge on any atom is -0.396 e. The Labute approximate surface area is 96.5 Å². The van der Waals surface area contributed by atoms with Gasteiger partial charge in [-0.15, -0.1) is 0 Å². The van der Waals surface area contributed by atoms with E-state index in [1.54, 1.807) is 0 Å². The smallest absolute Gasteiger partial charge is 0.0483 e. The molecular weight excluding hydrogens is 198 g/mol. The van der Waals surface area contributed by atoms with Crippen LogP contribution in [0.2, 0.25) is 0 Å². The first kappa shape index (κ1) is 11.2. The first-order chi connectivity index (χ1) is 7.72. The second-order valence-electron chi connectivity index (χ2n) is 4.69. The van der Waals surface area contributed by atoms with Crippen molar-refractivity contribution in [3.63, 3.8) is 0 Å². The molecule has 0 aliphatic rings. The highest BCUT2D eigenvalue weighted by Gasteiger charge is 2.08. The van der Waals surface area contributed by atoms with Crippen molar-refractivity contribution in [3.05, 3.63) is 36.0 Å². The number of aliphatic hydroxyl groups is 1. The summed E-state index contributed by atoms with van der Waals surface area (Å²) in [6.07, 6.45) is 2.92. The average molecular weight is 217 g/mol. The minimum absolute atomic E-state index is 0.218. The molecule has 0 saturated heterocycles. The van der Waals surface area contributed by atoms with E-state index in [0.29, 0.717) is 5.92 Å². The maximum atomic E-state index is 9.06. The van der Waals surface area contributed by atoms with Crippen LogP contribution < -0.4 is 0 Å². The predicted octanol–water partition coefficient (Wildman–Crippen LogP) is 2.83. The topological polar surface area (TPSA) is 25.2 Å². The third-order valence-electron chi connectivity index (χ3n) is 2.81. The highest BCUT2D eigenvalue weighted by Crippen LogP contribution is 2.22. The van der Waals surface area contributed by atoms with Crippen LogP contribution in [-0.2, 0) is 13.0 Å². The molecule has 0 atom stereocenters. The molecule has 0 radical (unpaired) electrons. The fourth-order valence-corrected chi connectivity index (χ4v) is 2.19. The summed E-state index contributed by atoms with van der Waals surface area (Å²) >= 11 is 0. The Kier molecular flexibility index (Phi) is 3.30. The van der Waals surface area contributed by atoms with Gasteiger partial charge in [0.05, 0.1) is 0 Å². The Balaban J connectivity index is 2.48. The second-order valence-corrected chi connectivity index (χ2v) is 4.69. The summed E-state index contributed by atoms with van der Waals surface area (Å²) in [7, 11) is 0. The van der Waals surface area contributed by atoms with Gasteiger partial charge in [-0.3, -0.25) is 0 Å². The minimum atomic E-state index is 0.218. The Morgan fingerprint density at radius 3 is 2.69 bits per heavy atom. The van der Waals surface area contributed by atoms with Crippen LogP contribution >= 0.6 is 0 Å². The lowest BCUT2D eigenvalue weighted by Gasteiger charge is -2.07. The number of benzene rings is 1. The number of rotatable bonds is 4. The predicted molar refractivity (Wildman–Crippen MR) is 67.6 cm³/mol. The average Bonchev–Trinajstić information content (AvgIpc) is 2.58. The van der Waals surface area contributed by atoms with Crippen LogP contribution in [0, 0.1) is 5.92 Å². The standard InChI is InChI=1S/C14H19NO/c1-11(2)9-15-10-12(7-8-16)13-5-3-4-6-14(13)15/h3-6,10-11,16H,7-9H2,1-2H3. The lowest BCUT2D eigenvalue weighted by atomic mass is 10.1. The van der Waals surface area contributed by atoms with Gasteiger partial charge >= 0.3 is 0 Å². The summed E-state index contributed by atoms with van der Waals surface area (Å²) in [6.45, 7) is 5.70. The Hall–Kier alpha value is -1.28. The first-order valence-electron chi connectivity index (χ1n) is 5.90. The highest BCUT2D eigenvalue weighted by atomic mass is 16.2. The molecule has 1 aromatic heterocycles. The van der Waals surface area contributed by atoms with Gasteiger partial charge in [0, 0.05) is 30.3 Å². The van der Waals surface area contributed by atoms with E-state index in [1.807, 2.05) is 0 Å². The second kappa shape index (κ2) is 4.71. The third-order valence-corrected chi connectivity index (χ3v) is 2.81. The van der Waals surface area contributed by atoms with Gasteiger partial charge in [-0.2, -0.15) is 0 Å². The van der Waals surface area contributed by atoms with Crippen molar-refractivity contribution in [2.45, 2.75) is 26.8 Å². The van der Waals surface area contributed by atoms with Gasteiger partial charge in [0.25, 0.3) is 0 Å². The maximum Gasteiger partial charge on any atom is 0.0483 e. The molecule has 0 amide bonds. The van der Waals surface area contributed by atoms with Gasteiger partial charge < -0.3 is 9.67 Å². The van der Waals surface area contributed by atoms with Crippen molar-refractivity contribution in [2.24, 2.45) is 5.92 Å². The molecule has 0 saturated carbocycles. The van der Waals surface area contributed by atoms with E-state index < -0.39 is 0 Å². The van der Waals surface area contributed by atoms with Crippen LogP contribution in [0.25, 0.3) is 10.9 Å². The fraction of sp³-hybridized carbons (Fsp3) is 0.429. The third kappa shape index (κ3) is 2.12. The quantitative estimate of drug-likeness (QED) is 0.837. The van der Waals surface area contributed by atoms with Gasteiger partial charge in [-0.05, 0) is 24.0 Å². The number of para-hydroxylation sites is 1. The summed E-state index contributed by atoms with van der Waals surface area (Å²) in [5.41, 5.74) is 2.53. The molecule has 86 valence electrons. The van der Waals surface area contributed by atoms with Crippen LogP contribution in [0.15, 0.2) is 30.5 Å². The molecule has 2 rings (SSSR count). The summed E-state index contributed by atoms with van der Waals surface area (Å²) in [6, 6.07) is 8.42. The number of aliphatic hydroxyl groups excluding tert-OH is 1. The van der Waals surface area contributed by atoms with Crippen molar-refractivity contribution in [2.75, 3.05) is 6.61 Å². The van der Waals surface area contributed by atoms with Crippen LogP contribution in [0.5, 0.6) is 0 Å². The molecule has 0 spiro atoms. The molecule has 0 fully saturated rings. The molecule has 2 aromatic rings. The van der Waals surface area contributed by atoms with E-state index in [0.717, 1.165) is 13.0 Å². The van der Waals surface area contributed by atoms with Crippen molar-refractivity contribution in [1.82, 2.24) is 4.57 Å². The molecule has 2 nitrogen and oxygen atoms in total. The molecule has 0 aliphatic heterocycles. The molecule has 1 aromatic carbocycles. The molecule has 16 heavy (non-hydrogen) atoms. The molecule has 0 unspecified atom stereocenters. The van der Waals surface area contributed by atoms with Crippen LogP contribution in [0.4, 0.5) is 0 Å². The summed E-state index contributed by atoms with van der Waals surface area (Å²) in [4.78, 5) is 0. The molecule has 1 N–H and O–H groups in total. The summed E-state index contributed by atoms with van der Waals surface area (Å²) in [5, 5.41) is 10.3. The number of fused-ring (bicyclic) bond motifs is 1. The zero-order valence-corrected chi connectivity index (χ0v) is 9.98. The molecule has 0 aliphatic carbocycles. The number of hydrogen-bond acceptors (Lipinski definition) is 1. The lowest BCUT2D eigenvalue weighted by molar-refractivity contribution is 0.300. The van der Waals surface area contributed by atoms with E-state index in [4.69, 9.17) is 5.11 Å². The maximum absolute atomic E-state index is 9.06. The zero-order chi connectivity index (χ0) is 11.5. The van der Waals surface area contributed by atoms with Gasteiger partial charge in [0.15, 0.2) is 0 Å². The molecular formula is C14H19NO. The van der Waals surface area contributed by atoms with Crippen LogP contribution in [-0.4, -0.2) is 16.3 Å². The van der Waals surface area contributed by atoms with Crippen molar-refractivity contribution in [3.8, 4) is 0 Å². The van der Waals surface area contributed by atoms with E-state index in [9.17, 15) is 0 Å². The summed E-state index contributed by atoms with van der Waals surface area (Å²) < 4.78 is 2.30. The number of aromatic nitrogens is 1. The van der Waals surface area contributed by atoms with Gasteiger partial charge in [0.1, 0.15) is 0 Å². The van der Waals surface area contributed by atoms with Crippen LogP contribution in [0.1, 0.15) is 19.4 Å². The van der Waals surface area contributed by atoms with Crippen molar-refractivity contribution >= 4 is 10.9 Å². The van der Waals surface area contributed by atoms with E-state index in [-0.39, 0.29) is 6.61 Å². The molecule has 0 bridgehead atoms. The van der Waals surface area contributed by atoms with Gasteiger partial charge in [-0.25, -0.2) is 0 Å². The zero-order valence-electron chi connectivity index (χ0n) is 9.98. The van der Waals surface area contributed by atoms with Crippen LogP contribution in [0.3, 0.4) is 0 Å². The monoisotopic (exact) mass is 217 g/mol. The summed E-state index contributed by atoms with van der Waals surface area (Å²) in [5.74, 6) is 0.637. The first-order valence-corrected chi connectivity index (χ1v) is 5.90. The van der Waals surface area contributed by atoms with Crippen molar-refractivity contribution < 1.29 is 5.11 Å². The Morgan fingerprint density at radius 2 is 2.00 bits per heavy atom. The van der Waals surface area contributed by atoms with Crippen molar-refractivity contribution in [1.29, 1.82) is 0 Å². The van der Waals surface area contributed by atoms with E-state index in [1.165, 1.54) is 16.5 Å².